The molecule has 0 amide bonds. The zero-order valence-corrected chi connectivity index (χ0v) is 10.7. The molecule has 1 heterocycles. The molecule has 17 heavy (non-hydrogen) atoms. The number of hydrogen-bond donors (Lipinski definition) is 0. The molecule has 1 aromatic carbocycles. The number of rotatable bonds is 3. The highest BCUT2D eigenvalue weighted by molar-refractivity contribution is 5.48. The molecule has 0 saturated heterocycles. The molecule has 0 aliphatic carbocycles. The lowest BCUT2D eigenvalue weighted by atomic mass is 10.2. The van der Waals surface area contributed by atoms with Crippen molar-refractivity contribution < 1.29 is 9.47 Å². The summed E-state index contributed by atoms with van der Waals surface area (Å²) < 4.78 is 12.7. The number of aromatic nitrogens is 1. The highest BCUT2D eigenvalue weighted by Crippen LogP contribution is 2.27. The molecule has 2 aromatic rings. The van der Waals surface area contributed by atoms with Crippen LogP contribution in [0.1, 0.15) is 11.4 Å². The van der Waals surface area contributed by atoms with Crippen LogP contribution in [0, 0.1) is 13.8 Å². The SMILES string of the molecule is COc1cc(OC)cc(-n2c(C)ccc2C)c1. The zero-order valence-electron chi connectivity index (χ0n) is 10.7. The van der Waals surface area contributed by atoms with Crippen molar-refractivity contribution in [3.63, 3.8) is 0 Å². The van der Waals surface area contributed by atoms with E-state index in [0.29, 0.717) is 0 Å². The predicted molar refractivity (Wildman–Crippen MR) is 68.3 cm³/mol. The van der Waals surface area contributed by atoms with E-state index < -0.39 is 0 Å². The Kier molecular flexibility index (Phi) is 3.09. The van der Waals surface area contributed by atoms with E-state index in [1.165, 1.54) is 11.4 Å². The van der Waals surface area contributed by atoms with Crippen molar-refractivity contribution in [3.05, 3.63) is 41.7 Å². The molecule has 0 fully saturated rings. The van der Waals surface area contributed by atoms with Crippen molar-refractivity contribution in [1.82, 2.24) is 4.57 Å². The molecule has 0 bridgehead atoms. The van der Waals surface area contributed by atoms with Gasteiger partial charge in [0.05, 0.1) is 19.9 Å². The van der Waals surface area contributed by atoms with Gasteiger partial charge in [-0.3, -0.25) is 0 Å². The molecule has 0 unspecified atom stereocenters. The molecule has 0 spiro atoms. The minimum atomic E-state index is 0.798. The summed E-state index contributed by atoms with van der Waals surface area (Å²) in [6, 6.07) is 10.1. The molecular weight excluding hydrogens is 214 g/mol. The summed E-state index contributed by atoms with van der Waals surface area (Å²) in [5.74, 6) is 1.60. The van der Waals surface area contributed by atoms with Crippen LogP contribution in [0.5, 0.6) is 11.5 Å². The van der Waals surface area contributed by atoms with Gasteiger partial charge in [-0.2, -0.15) is 0 Å². The number of benzene rings is 1. The van der Waals surface area contributed by atoms with Gasteiger partial charge < -0.3 is 14.0 Å². The standard InChI is InChI=1S/C14H17NO2/c1-10-5-6-11(2)15(10)12-7-13(16-3)9-14(8-12)17-4/h5-9H,1-4H3. The first-order valence-corrected chi connectivity index (χ1v) is 5.54. The first-order valence-electron chi connectivity index (χ1n) is 5.54. The summed E-state index contributed by atoms with van der Waals surface area (Å²) in [5, 5.41) is 0. The van der Waals surface area contributed by atoms with Crippen molar-refractivity contribution in [3.8, 4) is 17.2 Å². The highest BCUT2D eigenvalue weighted by atomic mass is 16.5. The molecule has 0 aliphatic rings. The van der Waals surface area contributed by atoms with Crippen LogP contribution >= 0.6 is 0 Å². The predicted octanol–water partition coefficient (Wildman–Crippen LogP) is 3.11. The maximum Gasteiger partial charge on any atom is 0.124 e. The van der Waals surface area contributed by atoms with Crippen LogP contribution in [0.4, 0.5) is 0 Å². The Morgan fingerprint density at radius 2 is 1.29 bits per heavy atom. The Hall–Kier alpha value is -1.90. The van der Waals surface area contributed by atoms with Crippen LogP contribution in [0.2, 0.25) is 0 Å². The largest absolute Gasteiger partial charge is 0.497 e. The smallest absolute Gasteiger partial charge is 0.124 e. The van der Waals surface area contributed by atoms with Crippen LogP contribution in [0.15, 0.2) is 30.3 Å². The van der Waals surface area contributed by atoms with Gasteiger partial charge in [0, 0.05) is 29.6 Å². The van der Waals surface area contributed by atoms with Crippen molar-refractivity contribution in [2.24, 2.45) is 0 Å². The molecule has 0 atom stereocenters. The van der Waals surface area contributed by atoms with E-state index in [2.05, 4.69) is 30.5 Å². The topological polar surface area (TPSA) is 23.4 Å². The summed E-state index contributed by atoms with van der Waals surface area (Å²) in [6.07, 6.45) is 0. The minimum Gasteiger partial charge on any atom is -0.497 e. The summed E-state index contributed by atoms with van der Waals surface area (Å²) in [4.78, 5) is 0. The summed E-state index contributed by atoms with van der Waals surface area (Å²) in [5.41, 5.74) is 3.44. The average Bonchev–Trinajstić information content (AvgIpc) is 2.68. The molecule has 0 aliphatic heterocycles. The summed E-state index contributed by atoms with van der Waals surface area (Å²) >= 11 is 0. The number of ether oxygens (including phenoxy) is 2. The van der Waals surface area contributed by atoms with Crippen LogP contribution in [-0.4, -0.2) is 18.8 Å². The van der Waals surface area contributed by atoms with E-state index in [0.717, 1.165) is 17.2 Å². The Morgan fingerprint density at radius 1 is 0.824 bits per heavy atom. The Morgan fingerprint density at radius 3 is 1.71 bits per heavy atom. The molecule has 2 rings (SSSR count). The van der Waals surface area contributed by atoms with E-state index in [4.69, 9.17) is 9.47 Å². The summed E-state index contributed by atoms with van der Waals surface area (Å²) in [7, 11) is 3.32. The first-order chi connectivity index (χ1) is 8.15. The fraction of sp³-hybridized carbons (Fsp3) is 0.286. The third kappa shape index (κ3) is 2.13. The van der Waals surface area contributed by atoms with Crippen molar-refractivity contribution in [2.75, 3.05) is 14.2 Å². The Labute approximate surface area is 102 Å². The van der Waals surface area contributed by atoms with Gasteiger partial charge >= 0.3 is 0 Å². The van der Waals surface area contributed by atoms with E-state index in [-0.39, 0.29) is 0 Å². The van der Waals surface area contributed by atoms with Gasteiger partial charge in [-0.1, -0.05) is 0 Å². The normalized spacial score (nSPS) is 10.4. The van der Waals surface area contributed by atoms with Gasteiger partial charge in [0.1, 0.15) is 11.5 Å². The maximum atomic E-state index is 5.28. The maximum absolute atomic E-state index is 5.28. The Bertz CT molecular complexity index is 487. The molecule has 1 aromatic heterocycles. The minimum absolute atomic E-state index is 0.798. The van der Waals surface area contributed by atoms with Crippen LogP contribution in [-0.2, 0) is 0 Å². The van der Waals surface area contributed by atoms with Gasteiger partial charge in [0.15, 0.2) is 0 Å². The Balaban J connectivity index is 2.58. The first kappa shape index (κ1) is 11.6. The number of aryl methyl sites for hydroxylation is 2. The molecular formula is C14H17NO2. The van der Waals surface area contributed by atoms with E-state index in [1.54, 1.807) is 14.2 Å². The molecule has 0 radical (unpaired) electrons. The van der Waals surface area contributed by atoms with Gasteiger partial charge in [-0.05, 0) is 26.0 Å². The lowest BCUT2D eigenvalue weighted by Crippen LogP contribution is -2.00. The molecule has 90 valence electrons. The molecule has 3 heteroatoms. The van der Waals surface area contributed by atoms with Gasteiger partial charge in [0.25, 0.3) is 0 Å². The third-order valence-electron chi connectivity index (χ3n) is 2.87. The monoisotopic (exact) mass is 231 g/mol. The zero-order chi connectivity index (χ0) is 12.4. The van der Waals surface area contributed by atoms with Crippen LogP contribution in [0.25, 0.3) is 5.69 Å². The highest BCUT2D eigenvalue weighted by Gasteiger charge is 2.07. The molecule has 0 saturated carbocycles. The van der Waals surface area contributed by atoms with Crippen LogP contribution in [0.3, 0.4) is 0 Å². The number of methoxy groups -OCH3 is 2. The lowest BCUT2D eigenvalue weighted by Gasteiger charge is -2.12. The second-order valence-electron chi connectivity index (χ2n) is 4.02. The summed E-state index contributed by atoms with van der Waals surface area (Å²) in [6.45, 7) is 4.16. The second-order valence-corrected chi connectivity index (χ2v) is 4.02. The van der Waals surface area contributed by atoms with Crippen molar-refractivity contribution in [2.45, 2.75) is 13.8 Å². The molecule has 0 N–H and O–H groups in total. The average molecular weight is 231 g/mol. The van der Waals surface area contributed by atoms with Crippen LogP contribution < -0.4 is 9.47 Å². The van der Waals surface area contributed by atoms with Crippen molar-refractivity contribution in [1.29, 1.82) is 0 Å². The lowest BCUT2D eigenvalue weighted by molar-refractivity contribution is 0.394. The number of nitrogens with zero attached hydrogens (tertiary/aromatic N) is 1. The third-order valence-corrected chi connectivity index (χ3v) is 2.87. The fourth-order valence-corrected chi connectivity index (χ4v) is 2.00. The molecule has 3 nitrogen and oxygen atoms in total. The quantitative estimate of drug-likeness (QED) is 0.810. The number of hydrogen-bond acceptors (Lipinski definition) is 2. The van der Waals surface area contributed by atoms with Gasteiger partial charge in [0.2, 0.25) is 0 Å². The van der Waals surface area contributed by atoms with Gasteiger partial charge in [-0.25, -0.2) is 0 Å². The van der Waals surface area contributed by atoms with E-state index >= 15 is 0 Å². The fourth-order valence-electron chi connectivity index (χ4n) is 2.00. The van der Waals surface area contributed by atoms with E-state index in [9.17, 15) is 0 Å². The van der Waals surface area contributed by atoms with Crippen molar-refractivity contribution >= 4 is 0 Å². The second kappa shape index (κ2) is 4.53. The van der Waals surface area contributed by atoms with Gasteiger partial charge in [-0.15, -0.1) is 0 Å². The van der Waals surface area contributed by atoms with E-state index in [1.807, 2.05) is 18.2 Å².